The molecule has 1 atom stereocenters. The Morgan fingerprint density at radius 1 is 1.14 bits per heavy atom. The van der Waals surface area contributed by atoms with Gasteiger partial charge in [-0.05, 0) is 29.3 Å². The SMILES string of the molecule is CN=C(NCCc1cccs1)NCC(C)c1ccccc1.I. The van der Waals surface area contributed by atoms with E-state index in [2.05, 4.69) is 70.4 Å². The van der Waals surface area contributed by atoms with E-state index in [4.69, 9.17) is 0 Å². The minimum atomic E-state index is 0. The Morgan fingerprint density at radius 3 is 2.55 bits per heavy atom. The first kappa shape index (κ1) is 19.0. The first-order valence-corrected chi connectivity index (χ1v) is 8.19. The minimum Gasteiger partial charge on any atom is -0.356 e. The number of nitrogens with one attached hydrogen (secondary N) is 2. The van der Waals surface area contributed by atoms with Crippen LogP contribution in [0.25, 0.3) is 0 Å². The third-order valence-electron chi connectivity index (χ3n) is 3.41. The zero-order valence-corrected chi connectivity index (χ0v) is 16.2. The van der Waals surface area contributed by atoms with Gasteiger partial charge in [0, 0.05) is 25.0 Å². The summed E-state index contributed by atoms with van der Waals surface area (Å²) in [6, 6.07) is 14.8. The Balaban J connectivity index is 0.00000242. The molecule has 22 heavy (non-hydrogen) atoms. The van der Waals surface area contributed by atoms with Crippen molar-refractivity contribution >= 4 is 41.3 Å². The van der Waals surface area contributed by atoms with Gasteiger partial charge >= 0.3 is 0 Å². The van der Waals surface area contributed by atoms with Crippen LogP contribution in [0.2, 0.25) is 0 Å². The van der Waals surface area contributed by atoms with E-state index in [9.17, 15) is 0 Å². The smallest absolute Gasteiger partial charge is 0.191 e. The molecule has 0 radical (unpaired) electrons. The predicted octanol–water partition coefficient (Wildman–Crippen LogP) is 3.88. The summed E-state index contributed by atoms with van der Waals surface area (Å²) in [5.74, 6) is 1.33. The highest BCUT2D eigenvalue weighted by atomic mass is 127. The summed E-state index contributed by atoms with van der Waals surface area (Å²) in [6.45, 7) is 4.00. The second kappa shape index (κ2) is 10.6. The average molecular weight is 429 g/mol. The molecule has 1 heterocycles. The highest BCUT2D eigenvalue weighted by Gasteiger charge is 2.06. The molecule has 0 fully saturated rings. The monoisotopic (exact) mass is 429 g/mol. The van der Waals surface area contributed by atoms with E-state index in [0.29, 0.717) is 5.92 Å². The molecule has 2 aromatic rings. The number of thiophene rings is 1. The summed E-state index contributed by atoms with van der Waals surface area (Å²) >= 11 is 1.80. The van der Waals surface area contributed by atoms with Gasteiger partial charge in [-0.25, -0.2) is 0 Å². The number of rotatable bonds is 6. The van der Waals surface area contributed by atoms with Crippen LogP contribution in [0.15, 0.2) is 52.8 Å². The van der Waals surface area contributed by atoms with Crippen LogP contribution < -0.4 is 10.6 Å². The maximum absolute atomic E-state index is 4.27. The quantitative estimate of drug-likeness (QED) is 0.416. The van der Waals surface area contributed by atoms with Gasteiger partial charge in [0.2, 0.25) is 0 Å². The van der Waals surface area contributed by atoms with Gasteiger partial charge in [-0.3, -0.25) is 4.99 Å². The highest BCUT2D eigenvalue weighted by Crippen LogP contribution is 2.12. The van der Waals surface area contributed by atoms with Crippen LogP contribution in [0, 0.1) is 0 Å². The molecule has 0 spiro atoms. The maximum Gasteiger partial charge on any atom is 0.191 e. The number of hydrogen-bond donors (Lipinski definition) is 2. The van der Waals surface area contributed by atoms with Gasteiger partial charge in [-0.2, -0.15) is 0 Å². The maximum atomic E-state index is 4.27. The summed E-state index contributed by atoms with van der Waals surface area (Å²) in [5, 5.41) is 8.87. The van der Waals surface area contributed by atoms with Crippen LogP contribution in [0.5, 0.6) is 0 Å². The first-order valence-electron chi connectivity index (χ1n) is 7.31. The van der Waals surface area contributed by atoms with Crippen LogP contribution in [-0.4, -0.2) is 26.1 Å². The van der Waals surface area contributed by atoms with E-state index in [0.717, 1.165) is 25.5 Å². The van der Waals surface area contributed by atoms with Crippen molar-refractivity contribution in [2.45, 2.75) is 19.3 Å². The van der Waals surface area contributed by atoms with E-state index >= 15 is 0 Å². The summed E-state index contributed by atoms with van der Waals surface area (Å²) in [4.78, 5) is 5.67. The van der Waals surface area contributed by atoms with Crippen LogP contribution >= 0.6 is 35.3 Å². The number of aliphatic imine (C=N–C) groups is 1. The first-order chi connectivity index (χ1) is 10.3. The largest absolute Gasteiger partial charge is 0.356 e. The molecule has 3 nitrogen and oxygen atoms in total. The second-order valence-corrected chi connectivity index (χ2v) is 6.05. The Bertz CT molecular complexity index is 540. The van der Waals surface area contributed by atoms with Crippen molar-refractivity contribution < 1.29 is 0 Å². The van der Waals surface area contributed by atoms with Gasteiger partial charge in [0.15, 0.2) is 5.96 Å². The van der Waals surface area contributed by atoms with E-state index in [1.165, 1.54) is 10.4 Å². The molecule has 0 aliphatic rings. The van der Waals surface area contributed by atoms with Crippen molar-refractivity contribution in [3.63, 3.8) is 0 Å². The van der Waals surface area contributed by atoms with Gasteiger partial charge in [0.1, 0.15) is 0 Å². The fourth-order valence-electron chi connectivity index (χ4n) is 2.13. The molecule has 1 unspecified atom stereocenters. The minimum absolute atomic E-state index is 0. The lowest BCUT2D eigenvalue weighted by molar-refractivity contribution is 0.698. The molecule has 0 aliphatic heterocycles. The molecule has 2 N–H and O–H groups in total. The molecule has 0 aliphatic carbocycles. The second-order valence-electron chi connectivity index (χ2n) is 5.02. The van der Waals surface area contributed by atoms with Crippen molar-refractivity contribution in [2.24, 2.45) is 4.99 Å². The number of halogens is 1. The van der Waals surface area contributed by atoms with Crippen molar-refractivity contribution in [3.8, 4) is 0 Å². The van der Waals surface area contributed by atoms with Gasteiger partial charge < -0.3 is 10.6 Å². The summed E-state index contributed by atoms with van der Waals surface area (Å²) in [6.07, 6.45) is 1.03. The standard InChI is InChI=1S/C17H23N3S.HI/c1-14(15-7-4-3-5-8-15)13-20-17(18-2)19-11-10-16-9-6-12-21-16;/h3-9,12,14H,10-11,13H2,1-2H3,(H2,18,19,20);1H. The van der Waals surface area contributed by atoms with Crippen LogP contribution in [0.3, 0.4) is 0 Å². The van der Waals surface area contributed by atoms with Crippen molar-refractivity contribution in [1.29, 1.82) is 0 Å². The van der Waals surface area contributed by atoms with Gasteiger partial charge in [-0.15, -0.1) is 35.3 Å². The van der Waals surface area contributed by atoms with Crippen molar-refractivity contribution in [3.05, 3.63) is 58.3 Å². The molecular weight excluding hydrogens is 405 g/mol. The van der Waals surface area contributed by atoms with Gasteiger partial charge in [-0.1, -0.05) is 43.3 Å². The Hall–Kier alpha value is -1.08. The van der Waals surface area contributed by atoms with E-state index < -0.39 is 0 Å². The third kappa shape index (κ3) is 6.36. The fourth-order valence-corrected chi connectivity index (χ4v) is 2.84. The molecule has 1 aromatic carbocycles. The Kier molecular flexibility index (Phi) is 9.15. The Morgan fingerprint density at radius 2 is 1.91 bits per heavy atom. The molecule has 0 saturated heterocycles. The zero-order valence-electron chi connectivity index (χ0n) is 13.1. The van der Waals surface area contributed by atoms with E-state index in [-0.39, 0.29) is 24.0 Å². The summed E-state index contributed by atoms with van der Waals surface area (Å²) in [7, 11) is 1.81. The molecule has 0 saturated carbocycles. The number of benzene rings is 1. The molecule has 1 aromatic heterocycles. The number of hydrogen-bond acceptors (Lipinski definition) is 2. The topological polar surface area (TPSA) is 36.4 Å². The van der Waals surface area contributed by atoms with Crippen molar-refractivity contribution in [1.82, 2.24) is 10.6 Å². The normalized spacial score (nSPS) is 12.4. The van der Waals surface area contributed by atoms with Crippen molar-refractivity contribution in [2.75, 3.05) is 20.1 Å². The molecule has 120 valence electrons. The van der Waals surface area contributed by atoms with Gasteiger partial charge in [0.05, 0.1) is 0 Å². The van der Waals surface area contributed by atoms with Crippen LogP contribution in [0.4, 0.5) is 0 Å². The number of nitrogens with zero attached hydrogens (tertiary/aromatic N) is 1. The number of guanidine groups is 1. The third-order valence-corrected chi connectivity index (χ3v) is 4.35. The predicted molar refractivity (Wildman–Crippen MR) is 108 cm³/mol. The van der Waals surface area contributed by atoms with E-state index in [1.807, 2.05) is 7.05 Å². The molecule has 5 heteroatoms. The lowest BCUT2D eigenvalue weighted by Crippen LogP contribution is -2.39. The average Bonchev–Trinajstić information content (AvgIpc) is 3.04. The zero-order chi connectivity index (χ0) is 14.9. The Labute approximate surface area is 154 Å². The lowest BCUT2D eigenvalue weighted by atomic mass is 10.0. The molecular formula is C17H24IN3S. The van der Waals surface area contributed by atoms with E-state index in [1.54, 1.807) is 11.3 Å². The summed E-state index contributed by atoms with van der Waals surface area (Å²) < 4.78 is 0. The van der Waals surface area contributed by atoms with Crippen LogP contribution in [0.1, 0.15) is 23.3 Å². The molecule has 0 amide bonds. The summed E-state index contributed by atoms with van der Waals surface area (Å²) in [5.41, 5.74) is 1.35. The fraction of sp³-hybridized carbons (Fsp3) is 0.353. The highest BCUT2D eigenvalue weighted by molar-refractivity contribution is 14.0. The van der Waals surface area contributed by atoms with Crippen LogP contribution in [-0.2, 0) is 6.42 Å². The molecule has 2 rings (SSSR count). The molecule has 0 bridgehead atoms. The lowest BCUT2D eigenvalue weighted by Gasteiger charge is -2.16. The van der Waals surface area contributed by atoms with Gasteiger partial charge in [0.25, 0.3) is 0 Å².